The van der Waals surface area contributed by atoms with E-state index in [4.69, 9.17) is 21.8 Å². The van der Waals surface area contributed by atoms with E-state index in [1.165, 1.54) is 17.3 Å². The maximum Gasteiger partial charge on any atom is 0.208 e. The Balaban J connectivity index is 1.67. The summed E-state index contributed by atoms with van der Waals surface area (Å²) >= 11 is 7.98. The minimum absolute atomic E-state index is 0.0606. The monoisotopic (exact) mass is 502 g/mol. The number of halogens is 1. The van der Waals surface area contributed by atoms with Crippen LogP contribution in [0, 0.1) is 6.92 Å². The second-order valence-electron chi connectivity index (χ2n) is 8.75. The summed E-state index contributed by atoms with van der Waals surface area (Å²) in [6.07, 6.45) is 2.47. The standard InChI is InChI=1S/C28H27ClN4OS/c1-4-21-13-15-22(16-14-21)25-17-18-28(32(30-25)23-9-6-5-7-10-23)33(31-27(35-28)20(3)34)26-12-8-11-24(29)19(26)2/h5-16H,4,17-18H2,1-3H3/t28-/m0/s1. The number of carbonyl (C=O) groups excluding carboxylic acids is 1. The van der Waals surface area contributed by atoms with Gasteiger partial charge in [-0.3, -0.25) is 4.79 Å². The third kappa shape index (κ3) is 4.26. The summed E-state index contributed by atoms with van der Waals surface area (Å²) in [5, 5.41) is 15.1. The predicted molar refractivity (Wildman–Crippen MR) is 148 cm³/mol. The largest absolute Gasteiger partial charge is 0.292 e. The van der Waals surface area contributed by atoms with Crippen molar-refractivity contribution in [2.45, 2.75) is 45.0 Å². The van der Waals surface area contributed by atoms with Gasteiger partial charge >= 0.3 is 0 Å². The summed E-state index contributed by atoms with van der Waals surface area (Å²) in [5.74, 6) is -0.0606. The number of ketones is 1. The van der Waals surface area contributed by atoms with E-state index in [0.717, 1.165) is 41.1 Å². The third-order valence-corrected chi connectivity index (χ3v) is 8.33. The molecule has 2 aliphatic heterocycles. The minimum Gasteiger partial charge on any atom is -0.292 e. The van der Waals surface area contributed by atoms with Gasteiger partial charge in [-0.1, -0.05) is 67.1 Å². The Morgan fingerprint density at radius 3 is 2.43 bits per heavy atom. The van der Waals surface area contributed by atoms with E-state index < -0.39 is 4.99 Å². The molecular weight excluding hydrogens is 476 g/mol. The first-order valence-corrected chi connectivity index (χ1v) is 13.0. The van der Waals surface area contributed by atoms with E-state index in [1.807, 2.05) is 65.5 Å². The van der Waals surface area contributed by atoms with E-state index >= 15 is 0 Å². The van der Waals surface area contributed by atoms with Crippen LogP contribution in [-0.2, 0) is 11.2 Å². The van der Waals surface area contributed by atoms with Gasteiger partial charge in [0.25, 0.3) is 0 Å². The van der Waals surface area contributed by atoms with Crippen molar-refractivity contribution < 1.29 is 4.79 Å². The fraction of sp³-hybridized carbons (Fsp3) is 0.250. The lowest BCUT2D eigenvalue weighted by Crippen LogP contribution is -2.56. The normalized spacial score (nSPS) is 19.7. The number of carbonyl (C=O) groups is 1. The first kappa shape index (κ1) is 23.6. The van der Waals surface area contributed by atoms with Gasteiger partial charge in [-0.25, -0.2) is 10.0 Å². The van der Waals surface area contributed by atoms with Gasteiger partial charge in [0.05, 0.1) is 17.1 Å². The zero-order valence-corrected chi connectivity index (χ0v) is 21.6. The molecule has 0 aliphatic carbocycles. The summed E-state index contributed by atoms with van der Waals surface area (Å²) in [6.45, 7) is 5.70. The molecule has 3 aromatic rings. The minimum atomic E-state index is -0.731. The van der Waals surface area contributed by atoms with Crippen molar-refractivity contribution in [3.8, 4) is 0 Å². The van der Waals surface area contributed by atoms with Crippen LogP contribution in [0.15, 0.2) is 83.0 Å². The lowest BCUT2D eigenvalue weighted by molar-refractivity contribution is -0.110. The van der Waals surface area contributed by atoms with Gasteiger partial charge in [-0.15, -0.1) is 0 Å². The Hall–Kier alpha value is -3.09. The van der Waals surface area contributed by atoms with Crippen molar-refractivity contribution in [1.82, 2.24) is 0 Å². The quantitative estimate of drug-likeness (QED) is 0.376. The van der Waals surface area contributed by atoms with E-state index in [1.54, 1.807) is 6.92 Å². The van der Waals surface area contributed by atoms with E-state index in [9.17, 15) is 4.79 Å². The second kappa shape index (κ2) is 9.51. The Kier molecular flexibility index (Phi) is 6.43. The van der Waals surface area contributed by atoms with Gasteiger partial charge in [0.1, 0.15) is 0 Å². The lowest BCUT2D eigenvalue weighted by Gasteiger charge is -2.46. The Labute approximate surface area is 215 Å². The number of Topliss-reactive ketones (excluding diaryl/α,β-unsaturated/α-hetero) is 1. The number of benzene rings is 3. The number of hydrogen-bond acceptors (Lipinski definition) is 6. The van der Waals surface area contributed by atoms with E-state index in [2.05, 4.69) is 31.2 Å². The average Bonchev–Trinajstić information content (AvgIpc) is 3.26. The summed E-state index contributed by atoms with van der Waals surface area (Å²) < 4.78 is 0. The van der Waals surface area contributed by atoms with Gasteiger partial charge in [0.15, 0.2) is 10.8 Å². The maximum absolute atomic E-state index is 12.5. The molecule has 0 unspecified atom stereocenters. The number of aryl methyl sites for hydroxylation is 1. The molecule has 0 saturated heterocycles. The number of hydrazone groups is 2. The molecule has 0 radical (unpaired) electrons. The number of thioether (sulfide) groups is 1. The molecule has 2 heterocycles. The molecule has 0 bridgehead atoms. The summed E-state index contributed by atoms with van der Waals surface area (Å²) in [5.41, 5.74) is 6.15. The molecule has 7 heteroatoms. The Morgan fingerprint density at radius 2 is 1.74 bits per heavy atom. The fourth-order valence-electron chi connectivity index (χ4n) is 4.49. The summed E-state index contributed by atoms with van der Waals surface area (Å²) in [7, 11) is 0. The van der Waals surface area contributed by atoms with Crippen LogP contribution in [0.3, 0.4) is 0 Å². The zero-order chi connectivity index (χ0) is 24.6. The summed E-state index contributed by atoms with van der Waals surface area (Å²) in [4.78, 5) is 11.8. The van der Waals surface area contributed by atoms with Crippen molar-refractivity contribution in [1.29, 1.82) is 0 Å². The SMILES string of the molecule is CCc1ccc(C2=NN(c3ccccc3)[C@]3(CC2)SC(C(C)=O)=NN3c2cccc(Cl)c2C)cc1. The van der Waals surface area contributed by atoms with Crippen LogP contribution in [0.1, 0.15) is 43.4 Å². The molecule has 0 saturated carbocycles. The highest BCUT2D eigenvalue weighted by Crippen LogP contribution is 2.51. The van der Waals surface area contributed by atoms with E-state index in [0.29, 0.717) is 16.5 Å². The van der Waals surface area contributed by atoms with Crippen LogP contribution in [0.25, 0.3) is 0 Å². The number of nitrogens with zero attached hydrogens (tertiary/aromatic N) is 4. The summed E-state index contributed by atoms with van der Waals surface area (Å²) in [6, 6.07) is 24.5. The number of hydrogen-bond donors (Lipinski definition) is 0. The van der Waals surface area contributed by atoms with Gasteiger partial charge in [0, 0.05) is 18.4 Å². The number of rotatable bonds is 5. The molecule has 178 valence electrons. The molecule has 0 N–H and O–H groups in total. The van der Waals surface area contributed by atoms with Crippen LogP contribution in [0.4, 0.5) is 11.4 Å². The topological polar surface area (TPSA) is 48.3 Å². The van der Waals surface area contributed by atoms with Crippen LogP contribution in [-0.4, -0.2) is 21.5 Å². The van der Waals surface area contributed by atoms with Crippen LogP contribution in [0.2, 0.25) is 5.02 Å². The Morgan fingerprint density at radius 1 is 1.00 bits per heavy atom. The maximum atomic E-state index is 12.5. The van der Waals surface area contributed by atoms with Gasteiger partial charge < -0.3 is 0 Å². The van der Waals surface area contributed by atoms with E-state index in [-0.39, 0.29) is 5.78 Å². The lowest BCUT2D eigenvalue weighted by atomic mass is 10.00. The Bertz CT molecular complexity index is 1320. The highest BCUT2D eigenvalue weighted by Gasteiger charge is 2.53. The molecule has 5 rings (SSSR count). The first-order valence-electron chi connectivity index (χ1n) is 11.8. The number of anilines is 2. The number of para-hydroxylation sites is 1. The molecular formula is C28H27ClN4OS. The molecule has 35 heavy (non-hydrogen) atoms. The van der Waals surface area contributed by atoms with Crippen molar-refractivity contribution in [2.24, 2.45) is 10.2 Å². The molecule has 1 atom stereocenters. The molecule has 0 fully saturated rings. The van der Waals surface area contributed by atoms with Gasteiger partial charge in [-0.2, -0.15) is 10.2 Å². The van der Waals surface area contributed by atoms with Gasteiger partial charge in [0.2, 0.25) is 4.99 Å². The fourth-order valence-corrected chi connectivity index (χ4v) is 5.89. The smallest absolute Gasteiger partial charge is 0.208 e. The first-order chi connectivity index (χ1) is 16.9. The average molecular weight is 503 g/mol. The molecule has 2 aliphatic rings. The molecule has 0 amide bonds. The van der Waals surface area contributed by atoms with Crippen LogP contribution in [0.5, 0.6) is 0 Å². The van der Waals surface area contributed by atoms with Crippen LogP contribution >= 0.6 is 23.4 Å². The second-order valence-corrected chi connectivity index (χ2v) is 10.4. The van der Waals surface area contributed by atoms with Crippen molar-refractivity contribution in [3.05, 3.63) is 94.5 Å². The highest BCUT2D eigenvalue weighted by molar-refractivity contribution is 8.17. The molecule has 5 nitrogen and oxygen atoms in total. The van der Waals surface area contributed by atoms with Gasteiger partial charge in [-0.05, 0) is 72.5 Å². The van der Waals surface area contributed by atoms with Crippen molar-refractivity contribution in [2.75, 3.05) is 10.0 Å². The molecule has 1 spiro atoms. The zero-order valence-electron chi connectivity index (χ0n) is 20.0. The van der Waals surface area contributed by atoms with Crippen molar-refractivity contribution >= 4 is 51.3 Å². The predicted octanol–water partition coefficient (Wildman–Crippen LogP) is 7.03. The van der Waals surface area contributed by atoms with Crippen molar-refractivity contribution in [3.63, 3.8) is 0 Å². The molecule has 3 aromatic carbocycles. The van der Waals surface area contributed by atoms with Crippen LogP contribution < -0.4 is 10.0 Å². The highest BCUT2D eigenvalue weighted by atomic mass is 35.5. The third-order valence-electron chi connectivity index (χ3n) is 6.49. The molecule has 0 aromatic heterocycles.